The van der Waals surface area contributed by atoms with E-state index in [1.165, 1.54) is 0 Å². The Morgan fingerprint density at radius 1 is 1.30 bits per heavy atom. The smallest absolute Gasteiger partial charge is 0.246 e. The minimum Gasteiger partial charge on any atom is -0.372 e. The van der Waals surface area contributed by atoms with Crippen LogP contribution >= 0.6 is 0 Å². The van der Waals surface area contributed by atoms with Crippen LogP contribution in [0.5, 0.6) is 0 Å². The highest BCUT2D eigenvalue weighted by Crippen LogP contribution is 2.20. The lowest BCUT2D eigenvalue weighted by atomic mass is 10.1. The van der Waals surface area contributed by atoms with Crippen LogP contribution in [0.25, 0.3) is 0 Å². The molecule has 0 fully saturated rings. The molecule has 0 aliphatic heterocycles. The summed E-state index contributed by atoms with van der Waals surface area (Å²) in [5.74, 6) is 1.35. The zero-order valence-corrected chi connectivity index (χ0v) is 14.0. The van der Waals surface area contributed by atoms with E-state index in [2.05, 4.69) is 22.4 Å². The summed E-state index contributed by atoms with van der Waals surface area (Å²) < 4.78 is 7.27. The standard InChI is InChI=1S/C17H24N4O2/c1-4-5-11-23-12-15(22)18-16(14-9-7-6-8-10-14)17-20-19-13(2)21(17)3/h6-10,16H,4-5,11-12H2,1-3H3,(H,18,22). The molecule has 2 aromatic rings. The Balaban J connectivity index is 2.12. The van der Waals surface area contributed by atoms with Crippen LogP contribution in [0.2, 0.25) is 0 Å². The van der Waals surface area contributed by atoms with E-state index < -0.39 is 0 Å². The van der Waals surface area contributed by atoms with Gasteiger partial charge in [-0.3, -0.25) is 4.79 Å². The van der Waals surface area contributed by atoms with Gasteiger partial charge >= 0.3 is 0 Å². The van der Waals surface area contributed by atoms with E-state index in [1.807, 2.05) is 48.9 Å². The lowest BCUT2D eigenvalue weighted by Gasteiger charge is -2.18. The van der Waals surface area contributed by atoms with Crippen LogP contribution in [-0.2, 0) is 16.6 Å². The minimum absolute atomic E-state index is 0.0557. The van der Waals surface area contributed by atoms with Gasteiger partial charge in [-0.15, -0.1) is 10.2 Å². The van der Waals surface area contributed by atoms with Crippen LogP contribution in [0.1, 0.15) is 43.0 Å². The first kappa shape index (κ1) is 17.1. The molecular formula is C17H24N4O2. The van der Waals surface area contributed by atoms with Crippen molar-refractivity contribution in [3.8, 4) is 0 Å². The number of aromatic nitrogens is 3. The van der Waals surface area contributed by atoms with E-state index in [9.17, 15) is 4.79 Å². The van der Waals surface area contributed by atoms with Gasteiger partial charge in [0.25, 0.3) is 0 Å². The van der Waals surface area contributed by atoms with Crippen LogP contribution in [0, 0.1) is 6.92 Å². The lowest BCUT2D eigenvalue weighted by Crippen LogP contribution is -2.34. The second-order valence-electron chi connectivity index (χ2n) is 5.48. The molecule has 0 spiro atoms. The Morgan fingerprint density at radius 2 is 2.04 bits per heavy atom. The predicted molar refractivity (Wildman–Crippen MR) is 87.9 cm³/mol. The minimum atomic E-state index is -0.343. The number of nitrogens with one attached hydrogen (secondary N) is 1. The number of amides is 1. The van der Waals surface area contributed by atoms with Crippen LogP contribution < -0.4 is 5.32 Å². The van der Waals surface area contributed by atoms with Gasteiger partial charge < -0.3 is 14.6 Å². The number of rotatable bonds is 8. The van der Waals surface area contributed by atoms with Crippen molar-refractivity contribution < 1.29 is 9.53 Å². The Kier molecular flexibility index (Phi) is 6.29. The Morgan fingerprint density at radius 3 is 2.65 bits per heavy atom. The van der Waals surface area contributed by atoms with Gasteiger partial charge in [0, 0.05) is 13.7 Å². The highest BCUT2D eigenvalue weighted by Gasteiger charge is 2.22. The average Bonchev–Trinajstić information content (AvgIpc) is 2.90. The largest absolute Gasteiger partial charge is 0.372 e. The third kappa shape index (κ3) is 4.63. The van der Waals surface area contributed by atoms with E-state index >= 15 is 0 Å². The van der Waals surface area contributed by atoms with Crippen molar-refractivity contribution >= 4 is 5.91 Å². The second-order valence-corrected chi connectivity index (χ2v) is 5.48. The van der Waals surface area contributed by atoms with E-state index in [0.29, 0.717) is 12.4 Å². The Labute approximate surface area is 136 Å². The Hall–Kier alpha value is -2.21. The summed E-state index contributed by atoms with van der Waals surface area (Å²) >= 11 is 0. The van der Waals surface area contributed by atoms with Gasteiger partial charge in [-0.25, -0.2) is 0 Å². The number of nitrogens with zero attached hydrogens (tertiary/aromatic N) is 3. The van der Waals surface area contributed by atoms with E-state index in [-0.39, 0.29) is 18.6 Å². The molecule has 23 heavy (non-hydrogen) atoms. The molecule has 0 aliphatic carbocycles. The average molecular weight is 316 g/mol. The van der Waals surface area contributed by atoms with Crippen LogP contribution in [0.4, 0.5) is 0 Å². The number of hydrogen-bond acceptors (Lipinski definition) is 4. The highest BCUT2D eigenvalue weighted by molar-refractivity contribution is 5.78. The number of benzene rings is 1. The fourth-order valence-corrected chi connectivity index (χ4v) is 2.23. The molecule has 0 saturated heterocycles. The number of unbranched alkanes of at least 4 members (excludes halogenated alkanes) is 1. The maximum atomic E-state index is 12.2. The molecule has 1 aromatic heterocycles. The number of carbonyl (C=O) groups excluding carboxylic acids is 1. The molecule has 1 N–H and O–H groups in total. The zero-order chi connectivity index (χ0) is 16.7. The second kappa shape index (κ2) is 8.43. The quantitative estimate of drug-likeness (QED) is 0.758. The normalized spacial score (nSPS) is 12.1. The van der Waals surface area contributed by atoms with Crippen molar-refractivity contribution in [3.05, 3.63) is 47.5 Å². The van der Waals surface area contributed by atoms with Crippen molar-refractivity contribution in [2.24, 2.45) is 7.05 Å². The molecule has 1 unspecified atom stereocenters. The first-order chi connectivity index (χ1) is 11.1. The first-order valence-corrected chi connectivity index (χ1v) is 7.91. The fourth-order valence-electron chi connectivity index (χ4n) is 2.23. The maximum absolute atomic E-state index is 12.2. The molecule has 124 valence electrons. The molecule has 1 heterocycles. The topological polar surface area (TPSA) is 69.0 Å². The van der Waals surface area contributed by atoms with Crippen LogP contribution in [0.3, 0.4) is 0 Å². The molecule has 0 saturated carbocycles. The molecule has 0 bridgehead atoms. The first-order valence-electron chi connectivity index (χ1n) is 7.91. The van der Waals surface area contributed by atoms with Gasteiger partial charge in [0.2, 0.25) is 5.91 Å². The fraction of sp³-hybridized carbons (Fsp3) is 0.471. The van der Waals surface area contributed by atoms with Crippen molar-refractivity contribution in [1.82, 2.24) is 20.1 Å². The third-order valence-corrected chi connectivity index (χ3v) is 3.70. The summed E-state index contributed by atoms with van der Waals surface area (Å²) in [6, 6.07) is 9.41. The molecule has 0 radical (unpaired) electrons. The monoisotopic (exact) mass is 316 g/mol. The van der Waals surface area contributed by atoms with Gasteiger partial charge in [0.05, 0.1) is 0 Å². The van der Waals surface area contributed by atoms with Crippen molar-refractivity contribution in [1.29, 1.82) is 0 Å². The molecule has 2 rings (SSSR count). The lowest BCUT2D eigenvalue weighted by molar-refractivity contribution is -0.126. The van der Waals surface area contributed by atoms with Gasteiger partial charge in [0.15, 0.2) is 5.82 Å². The number of ether oxygens (including phenoxy) is 1. The molecule has 0 aliphatic rings. The van der Waals surface area contributed by atoms with Crippen LogP contribution in [-0.4, -0.2) is 33.9 Å². The van der Waals surface area contributed by atoms with Gasteiger partial charge in [-0.05, 0) is 18.9 Å². The van der Waals surface area contributed by atoms with E-state index in [0.717, 1.165) is 24.2 Å². The molecule has 1 atom stereocenters. The summed E-state index contributed by atoms with van der Waals surface area (Å²) in [5.41, 5.74) is 0.963. The number of hydrogen-bond donors (Lipinski definition) is 1. The third-order valence-electron chi connectivity index (χ3n) is 3.70. The van der Waals surface area contributed by atoms with Gasteiger partial charge in [0.1, 0.15) is 18.5 Å². The molecule has 1 aromatic carbocycles. The molecule has 1 amide bonds. The summed E-state index contributed by atoms with van der Waals surface area (Å²) in [7, 11) is 1.89. The molecule has 6 nitrogen and oxygen atoms in total. The van der Waals surface area contributed by atoms with E-state index in [4.69, 9.17) is 4.74 Å². The highest BCUT2D eigenvalue weighted by atomic mass is 16.5. The molecular weight excluding hydrogens is 292 g/mol. The molecule has 6 heteroatoms. The van der Waals surface area contributed by atoms with Gasteiger partial charge in [-0.2, -0.15) is 0 Å². The van der Waals surface area contributed by atoms with E-state index in [1.54, 1.807) is 0 Å². The maximum Gasteiger partial charge on any atom is 0.246 e. The van der Waals surface area contributed by atoms with Crippen molar-refractivity contribution in [2.75, 3.05) is 13.2 Å². The zero-order valence-electron chi connectivity index (χ0n) is 14.0. The van der Waals surface area contributed by atoms with Gasteiger partial charge in [-0.1, -0.05) is 43.7 Å². The van der Waals surface area contributed by atoms with Crippen molar-refractivity contribution in [3.63, 3.8) is 0 Å². The summed E-state index contributed by atoms with van der Waals surface area (Å²) in [4.78, 5) is 12.2. The summed E-state index contributed by atoms with van der Waals surface area (Å²) in [6.45, 7) is 4.63. The number of aryl methyl sites for hydroxylation is 1. The Bertz CT molecular complexity index is 625. The SMILES string of the molecule is CCCCOCC(=O)NC(c1ccccc1)c1nnc(C)n1C. The summed E-state index contributed by atoms with van der Waals surface area (Å²) in [5, 5.41) is 11.3. The van der Waals surface area contributed by atoms with Crippen molar-refractivity contribution in [2.45, 2.75) is 32.7 Å². The summed E-state index contributed by atoms with van der Waals surface area (Å²) in [6.07, 6.45) is 2.00. The van der Waals surface area contributed by atoms with Crippen LogP contribution in [0.15, 0.2) is 30.3 Å². The number of carbonyl (C=O) groups is 1. The predicted octanol–water partition coefficient (Wildman–Crippen LogP) is 2.15.